The number of ether oxygens (including phenoxy) is 1. The number of hydrogen-bond acceptors (Lipinski definition) is 3. The first-order valence-electron chi connectivity index (χ1n) is 7.62. The molecule has 106 valence electrons. The van der Waals surface area contributed by atoms with Crippen LogP contribution in [-0.4, -0.2) is 11.1 Å². The van der Waals surface area contributed by atoms with Gasteiger partial charge >= 0.3 is 0 Å². The van der Waals surface area contributed by atoms with Crippen LogP contribution in [0.1, 0.15) is 64.1 Å². The van der Waals surface area contributed by atoms with Crippen molar-refractivity contribution < 1.29 is 4.74 Å². The van der Waals surface area contributed by atoms with E-state index in [2.05, 4.69) is 18.8 Å². The van der Waals surface area contributed by atoms with Gasteiger partial charge in [-0.25, -0.2) is 0 Å². The summed E-state index contributed by atoms with van der Waals surface area (Å²) in [7, 11) is 0. The van der Waals surface area contributed by atoms with Gasteiger partial charge in [0.05, 0.1) is 11.9 Å². The van der Waals surface area contributed by atoms with Crippen molar-refractivity contribution in [1.82, 2.24) is 4.98 Å². The Kier molecular flexibility index (Phi) is 5.20. The molecule has 2 rings (SSSR count). The van der Waals surface area contributed by atoms with E-state index in [0.717, 1.165) is 17.9 Å². The SMILES string of the molecule is CCC(N)c1ccc(OC2CCCCC2CC)cn1. The third-order valence-corrected chi connectivity index (χ3v) is 4.23. The molecular formula is C16H26N2O. The number of rotatable bonds is 5. The maximum Gasteiger partial charge on any atom is 0.138 e. The molecule has 2 N–H and O–H groups in total. The predicted octanol–water partition coefficient (Wildman–Crippen LogP) is 3.84. The molecule has 3 heteroatoms. The second kappa shape index (κ2) is 6.90. The van der Waals surface area contributed by atoms with Gasteiger partial charge in [0.15, 0.2) is 0 Å². The predicted molar refractivity (Wildman–Crippen MR) is 78.1 cm³/mol. The normalized spacial score (nSPS) is 25.0. The fourth-order valence-electron chi connectivity index (χ4n) is 2.86. The summed E-state index contributed by atoms with van der Waals surface area (Å²) in [5.41, 5.74) is 6.92. The van der Waals surface area contributed by atoms with E-state index in [-0.39, 0.29) is 6.04 Å². The summed E-state index contributed by atoms with van der Waals surface area (Å²) in [4.78, 5) is 4.42. The van der Waals surface area contributed by atoms with Gasteiger partial charge in [-0.3, -0.25) is 4.98 Å². The minimum atomic E-state index is 0.0344. The Morgan fingerprint density at radius 2 is 2.11 bits per heavy atom. The quantitative estimate of drug-likeness (QED) is 0.877. The van der Waals surface area contributed by atoms with Crippen LogP contribution in [0.5, 0.6) is 5.75 Å². The first kappa shape index (κ1) is 14.3. The molecule has 3 unspecified atom stereocenters. The van der Waals surface area contributed by atoms with Gasteiger partial charge in [-0.15, -0.1) is 0 Å². The average Bonchev–Trinajstić information content (AvgIpc) is 2.48. The zero-order valence-electron chi connectivity index (χ0n) is 12.1. The molecule has 0 amide bonds. The average molecular weight is 262 g/mol. The number of hydrogen-bond donors (Lipinski definition) is 1. The smallest absolute Gasteiger partial charge is 0.138 e. The Labute approximate surface area is 116 Å². The number of aromatic nitrogens is 1. The molecule has 1 aliphatic rings. The van der Waals surface area contributed by atoms with Crippen molar-refractivity contribution in [3.05, 3.63) is 24.0 Å². The topological polar surface area (TPSA) is 48.1 Å². The van der Waals surface area contributed by atoms with Gasteiger partial charge in [-0.2, -0.15) is 0 Å². The molecule has 1 aromatic rings. The van der Waals surface area contributed by atoms with Gasteiger partial charge in [0, 0.05) is 6.04 Å². The highest BCUT2D eigenvalue weighted by atomic mass is 16.5. The van der Waals surface area contributed by atoms with Crippen LogP contribution < -0.4 is 10.5 Å². The van der Waals surface area contributed by atoms with Crippen molar-refractivity contribution in [2.75, 3.05) is 0 Å². The Morgan fingerprint density at radius 3 is 2.74 bits per heavy atom. The summed E-state index contributed by atoms with van der Waals surface area (Å²) in [5.74, 6) is 1.59. The fraction of sp³-hybridized carbons (Fsp3) is 0.688. The van der Waals surface area contributed by atoms with E-state index < -0.39 is 0 Å². The lowest BCUT2D eigenvalue weighted by Gasteiger charge is -2.31. The summed E-state index contributed by atoms with van der Waals surface area (Å²) in [6.07, 6.45) is 9.42. The van der Waals surface area contributed by atoms with Crippen molar-refractivity contribution in [1.29, 1.82) is 0 Å². The summed E-state index contributed by atoms with van der Waals surface area (Å²) < 4.78 is 6.12. The molecule has 0 bridgehead atoms. The lowest BCUT2D eigenvalue weighted by molar-refractivity contribution is 0.0899. The van der Waals surface area contributed by atoms with Crippen molar-refractivity contribution in [2.24, 2.45) is 11.7 Å². The van der Waals surface area contributed by atoms with Crippen molar-refractivity contribution in [3.63, 3.8) is 0 Å². The van der Waals surface area contributed by atoms with Gasteiger partial charge < -0.3 is 10.5 Å². The molecule has 1 heterocycles. The summed E-state index contributed by atoms with van der Waals surface area (Å²) in [5, 5.41) is 0. The largest absolute Gasteiger partial charge is 0.489 e. The Morgan fingerprint density at radius 1 is 1.32 bits per heavy atom. The third-order valence-electron chi connectivity index (χ3n) is 4.23. The van der Waals surface area contributed by atoms with E-state index in [0.29, 0.717) is 12.0 Å². The molecule has 0 aromatic carbocycles. The highest BCUT2D eigenvalue weighted by Crippen LogP contribution is 2.30. The first-order chi connectivity index (χ1) is 9.24. The number of pyridine rings is 1. The van der Waals surface area contributed by atoms with E-state index in [9.17, 15) is 0 Å². The second-order valence-electron chi connectivity index (χ2n) is 5.54. The Balaban J connectivity index is 1.98. The molecule has 1 aromatic heterocycles. The van der Waals surface area contributed by atoms with Gasteiger partial charge in [0.1, 0.15) is 11.9 Å². The minimum Gasteiger partial charge on any atom is -0.489 e. The number of nitrogens with two attached hydrogens (primary N) is 1. The number of nitrogens with zero attached hydrogens (tertiary/aromatic N) is 1. The maximum atomic E-state index is 6.12. The molecule has 1 fully saturated rings. The van der Waals surface area contributed by atoms with Crippen LogP contribution in [0.3, 0.4) is 0 Å². The van der Waals surface area contributed by atoms with E-state index in [1.807, 2.05) is 18.3 Å². The molecule has 3 nitrogen and oxygen atoms in total. The lowest BCUT2D eigenvalue weighted by atomic mass is 9.85. The van der Waals surface area contributed by atoms with Crippen molar-refractivity contribution >= 4 is 0 Å². The van der Waals surface area contributed by atoms with Gasteiger partial charge in [-0.1, -0.05) is 20.3 Å². The highest BCUT2D eigenvalue weighted by molar-refractivity contribution is 5.21. The molecule has 19 heavy (non-hydrogen) atoms. The molecule has 1 saturated carbocycles. The molecule has 0 aliphatic heterocycles. The van der Waals surface area contributed by atoms with Gasteiger partial charge in [0.25, 0.3) is 0 Å². The van der Waals surface area contributed by atoms with E-state index in [1.165, 1.54) is 32.1 Å². The van der Waals surface area contributed by atoms with Crippen molar-refractivity contribution in [2.45, 2.75) is 64.5 Å². The zero-order chi connectivity index (χ0) is 13.7. The van der Waals surface area contributed by atoms with Crippen molar-refractivity contribution in [3.8, 4) is 5.75 Å². The van der Waals surface area contributed by atoms with E-state index in [1.54, 1.807) is 0 Å². The van der Waals surface area contributed by atoms with Crippen LogP contribution in [0.2, 0.25) is 0 Å². The maximum absolute atomic E-state index is 6.12. The minimum absolute atomic E-state index is 0.0344. The molecule has 3 atom stereocenters. The summed E-state index contributed by atoms with van der Waals surface area (Å²) in [6.45, 7) is 4.33. The van der Waals surface area contributed by atoms with Crippen LogP contribution >= 0.6 is 0 Å². The molecule has 1 aliphatic carbocycles. The highest BCUT2D eigenvalue weighted by Gasteiger charge is 2.25. The molecular weight excluding hydrogens is 236 g/mol. The Bertz CT molecular complexity index is 377. The van der Waals surface area contributed by atoms with Crippen LogP contribution in [0.4, 0.5) is 0 Å². The first-order valence-corrected chi connectivity index (χ1v) is 7.62. The second-order valence-corrected chi connectivity index (χ2v) is 5.54. The summed E-state index contributed by atoms with van der Waals surface area (Å²) >= 11 is 0. The van der Waals surface area contributed by atoms with Crippen LogP contribution in [0.15, 0.2) is 18.3 Å². The standard InChI is InChI=1S/C16H26N2O/c1-3-12-7-5-6-8-16(12)19-13-9-10-15(18-11-13)14(17)4-2/h9-12,14,16H,3-8,17H2,1-2H3. The van der Waals surface area contributed by atoms with E-state index in [4.69, 9.17) is 10.5 Å². The van der Waals surface area contributed by atoms with E-state index >= 15 is 0 Å². The molecule has 0 spiro atoms. The van der Waals surface area contributed by atoms with Crippen LogP contribution in [0, 0.1) is 5.92 Å². The molecule has 0 saturated heterocycles. The summed E-state index contributed by atoms with van der Waals surface area (Å²) in [6, 6.07) is 4.04. The van der Waals surface area contributed by atoms with Gasteiger partial charge in [-0.05, 0) is 50.2 Å². The lowest BCUT2D eigenvalue weighted by Crippen LogP contribution is -2.29. The van der Waals surface area contributed by atoms with Crippen LogP contribution in [-0.2, 0) is 0 Å². The monoisotopic (exact) mass is 262 g/mol. The fourth-order valence-corrected chi connectivity index (χ4v) is 2.86. The van der Waals surface area contributed by atoms with Gasteiger partial charge in [0.2, 0.25) is 0 Å². The molecule has 0 radical (unpaired) electrons. The zero-order valence-corrected chi connectivity index (χ0v) is 12.1. The Hall–Kier alpha value is -1.09. The third kappa shape index (κ3) is 3.69. The van der Waals surface area contributed by atoms with Crippen LogP contribution in [0.25, 0.3) is 0 Å².